The van der Waals surface area contributed by atoms with Gasteiger partial charge in [-0.05, 0) is 45.4 Å². The van der Waals surface area contributed by atoms with Crippen molar-refractivity contribution in [1.82, 2.24) is 5.32 Å². The molecule has 1 aromatic rings. The number of hydrogen-bond donors (Lipinski definition) is 1. The number of hydrogen-bond acceptors (Lipinski definition) is 3. The van der Waals surface area contributed by atoms with E-state index in [1.165, 1.54) is 0 Å². The molecule has 0 saturated carbocycles. The van der Waals surface area contributed by atoms with E-state index in [1.54, 1.807) is 13.4 Å². The molecule has 0 aliphatic carbocycles. The highest BCUT2D eigenvalue weighted by molar-refractivity contribution is 5.05. The Morgan fingerprint density at radius 3 is 2.75 bits per heavy atom. The first-order valence-electron chi connectivity index (χ1n) is 5.91. The minimum absolute atomic E-state index is 0.141. The molecule has 0 bridgehead atoms. The largest absolute Gasteiger partial charge is 0.468 e. The lowest BCUT2D eigenvalue weighted by molar-refractivity contribution is 0.00504. The SMILES string of the molecule is CCCNC(CC(C)(C)OC)c1ccco1. The molecule has 1 aromatic heterocycles. The molecule has 0 aliphatic heterocycles. The monoisotopic (exact) mass is 225 g/mol. The van der Waals surface area contributed by atoms with Crippen molar-refractivity contribution in [2.75, 3.05) is 13.7 Å². The zero-order chi connectivity index (χ0) is 12.0. The van der Waals surface area contributed by atoms with Gasteiger partial charge in [0.15, 0.2) is 0 Å². The lowest BCUT2D eigenvalue weighted by Gasteiger charge is -2.28. The van der Waals surface area contributed by atoms with E-state index in [0.29, 0.717) is 0 Å². The Hall–Kier alpha value is -0.800. The fourth-order valence-electron chi connectivity index (χ4n) is 1.66. The highest BCUT2D eigenvalue weighted by Gasteiger charge is 2.25. The van der Waals surface area contributed by atoms with Crippen molar-refractivity contribution in [2.45, 2.75) is 45.3 Å². The summed E-state index contributed by atoms with van der Waals surface area (Å²) in [5.41, 5.74) is -0.141. The maximum Gasteiger partial charge on any atom is 0.120 e. The number of furan rings is 1. The molecule has 0 aliphatic rings. The van der Waals surface area contributed by atoms with Gasteiger partial charge in [0.1, 0.15) is 5.76 Å². The first-order valence-corrected chi connectivity index (χ1v) is 5.91. The summed E-state index contributed by atoms with van der Waals surface area (Å²) in [6.07, 6.45) is 3.73. The number of methoxy groups -OCH3 is 1. The molecular weight excluding hydrogens is 202 g/mol. The summed E-state index contributed by atoms with van der Waals surface area (Å²) in [7, 11) is 1.75. The third-order valence-corrected chi connectivity index (χ3v) is 2.78. The van der Waals surface area contributed by atoms with Gasteiger partial charge < -0.3 is 14.5 Å². The van der Waals surface area contributed by atoms with Gasteiger partial charge in [0.05, 0.1) is 17.9 Å². The lowest BCUT2D eigenvalue weighted by atomic mass is 9.97. The maximum atomic E-state index is 5.47. The molecular formula is C13H23NO2. The average molecular weight is 225 g/mol. The minimum atomic E-state index is -0.141. The molecule has 3 heteroatoms. The van der Waals surface area contributed by atoms with Crippen LogP contribution in [0.5, 0.6) is 0 Å². The summed E-state index contributed by atoms with van der Waals surface area (Å²) < 4.78 is 10.9. The van der Waals surface area contributed by atoms with Crippen LogP contribution < -0.4 is 5.32 Å². The van der Waals surface area contributed by atoms with Crippen molar-refractivity contribution in [2.24, 2.45) is 0 Å². The molecule has 0 saturated heterocycles. The van der Waals surface area contributed by atoms with Crippen LogP contribution in [0.4, 0.5) is 0 Å². The number of rotatable bonds is 7. The molecule has 3 nitrogen and oxygen atoms in total. The third kappa shape index (κ3) is 3.99. The van der Waals surface area contributed by atoms with Crippen LogP contribution in [-0.4, -0.2) is 19.3 Å². The van der Waals surface area contributed by atoms with Gasteiger partial charge >= 0.3 is 0 Å². The molecule has 0 radical (unpaired) electrons. The quantitative estimate of drug-likeness (QED) is 0.774. The Labute approximate surface area is 98.2 Å². The van der Waals surface area contributed by atoms with Crippen LogP contribution in [0.25, 0.3) is 0 Å². The molecule has 1 rings (SSSR count). The van der Waals surface area contributed by atoms with Gasteiger partial charge in [0.25, 0.3) is 0 Å². The van der Waals surface area contributed by atoms with Crippen molar-refractivity contribution >= 4 is 0 Å². The van der Waals surface area contributed by atoms with Crippen molar-refractivity contribution in [1.29, 1.82) is 0 Å². The standard InChI is InChI=1S/C13H23NO2/c1-5-8-14-11(10-13(2,3)15-4)12-7-6-9-16-12/h6-7,9,11,14H,5,8,10H2,1-4H3. The molecule has 1 atom stereocenters. The smallest absolute Gasteiger partial charge is 0.120 e. The van der Waals surface area contributed by atoms with E-state index in [4.69, 9.17) is 9.15 Å². The van der Waals surface area contributed by atoms with Gasteiger partial charge in [0, 0.05) is 7.11 Å². The van der Waals surface area contributed by atoms with Gasteiger partial charge in [-0.2, -0.15) is 0 Å². The average Bonchev–Trinajstić information content (AvgIpc) is 2.77. The van der Waals surface area contributed by atoms with Crippen molar-refractivity contribution in [3.63, 3.8) is 0 Å². The van der Waals surface area contributed by atoms with Gasteiger partial charge in [-0.15, -0.1) is 0 Å². The van der Waals surface area contributed by atoms with Crippen molar-refractivity contribution in [3.05, 3.63) is 24.2 Å². The summed E-state index contributed by atoms with van der Waals surface area (Å²) >= 11 is 0. The van der Waals surface area contributed by atoms with Gasteiger partial charge in [-0.1, -0.05) is 6.92 Å². The second-order valence-corrected chi connectivity index (χ2v) is 4.69. The fourth-order valence-corrected chi connectivity index (χ4v) is 1.66. The molecule has 0 fully saturated rings. The normalized spacial score (nSPS) is 14.0. The Bertz CT molecular complexity index is 280. The van der Waals surface area contributed by atoms with Gasteiger partial charge in [-0.3, -0.25) is 0 Å². The Morgan fingerprint density at radius 2 is 2.25 bits per heavy atom. The van der Waals surface area contributed by atoms with Crippen LogP contribution >= 0.6 is 0 Å². The zero-order valence-corrected chi connectivity index (χ0v) is 10.7. The summed E-state index contributed by atoms with van der Waals surface area (Å²) in [6.45, 7) is 7.34. The molecule has 16 heavy (non-hydrogen) atoms. The van der Waals surface area contributed by atoms with E-state index in [9.17, 15) is 0 Å². The molecule has 0 aromatic carbocycles. The van der Waals surface area contributed by atoms with E-state index in [2.05, 4.69) is 26.1 Å². The molecule has 1 heterocycles. The maximum absolute atomic E-state index is 5.47. The molecule has 0 spiro atoms. The second kappa shape index (κ2) is 6.06. The first kappa shape index (κ1) is 13.3. The lowest BCUT2D eigenvalue weighted by Crippen LogP contribution is -2.32. The highest BCUT2D eigenvalue weighted by Crippen LogP contribution is 2.26. The van der Waals surface area contributed by atoms with Crippen LogP contribution in [0.3, 0.4) is 0 Å². The highest BCUT2D eigenvalue weighted by atomic mass is 16.5. The van der Waals surface area contributed by atoms with E-state index in [0.717, 1.165) is 25.1 Å². The van der Waals surface area contributed by atoms with Gasteiger partial charge in [-0.25, -0.2) is 0 Å². The van der Waals surface area contributed by atoms with Crippen LogP contribution in [0, 0.1) is 0 Å². The van der Waals surface area contributed by atoms with Crippen LogP contribution in [-0.2, 0) is 4.74 Å². The summed E-state index contributed by atoms with van der Waals surface area (Å²) in [4.78, 5) is 0. The summed E-state index contributed by atoms with van der Waals surface area (Å²) in [5.74, 6) is 0.985. The van der Waals surface area contributed by atoms with Crippen molar-refractivity contribution in [3.8, 4) is 0 Å². The first-order chi connectivity index (χ1) is 7.59. The Morgan fingerprint density at radius 1 is 1.50 bits per heavy atom. The van der Waals surface area contributed by atoms with E-state index in [-0.39, 0.29) is 11.6 Å². The number of nitrogens with one attached hydrogen (secondary N) is 1. The topological polar surface area (TPSA) is 34.4 Å². The predicted octanol–water partition coefficient (Wildman–Crippen LogP) is 3.14. The fraction of sp³-hybridized carbons (Fsp3) is 0.692. The number of ether oxygens (including phenoxy) is 1. The van der Waals surface area contributed by atoms with Crippen LogP contribution in [0.2, 0.25) is 0 Å². The summed E-state index contributed by atoms with van der Waals surface area (Å²) in [6, 6.07) is 4.17. The molecule has 1 unspecified atom stereocenters. The third-order valence-electron chi connectivity index (χ3n) is 2.78. The molecule has 0 amide bonds. The van der Waals surface area contributed by atoms with E-state index in [1.807, 2.05) is 12.1 Å². The zero-order valence-electron chi connectivity index (χ0n) is 10.7. The second-order valence-electron chi connectivity index (χ2n) is 4.69. The van der Waals surface area contributed by atoms with E-state index >= 15 is 0 Å². The molecule has 92 valence electrons. The van der Waals surface area contributed by atoms with Crippen LogP contribution in [0.15, 0.2) is 22.8 Å². The van der Waals surface area contributed by atoms with Crippen LogP contribution in [0.1, 0.15) is 45.4 Å². The minimum Gasteiger partial charge on any atom is -0.468 e. The predicted molar refractivity (Wildman–Crippen MR) is 65.4 cm³/mol. The van der Waals surface area contributed by atoms with Crippen molar-refractivity contribution < 1.29 is 9.15 Å². The van der Waals surface area contributed by atoms with E-state index < -0.39 is 0 Å². The molecule has 1 N–H and O–H groups in total. The summed E-state index contributed by atoms with van der Waals surface area (Å²) in [5, 5.41) is 3.49. The Kier molecular flexibility index (Phi) is 5.03. The Balaban J connectivity index is 2.65. The van der Waals surface area contributed by atoms with Gasteiger partial charge in [0.2, 0.25) is 0 Å².